The highest BCUT2D eigenvalue weighted by atomic mass is 32.2. The highest BCUT2D eigenvalue weighted by Crippen LogP contribution is 2.35. The number of rotatable bonds is 4. The van der Waals surface area contributed by atoms with Crippen LogP contribution in [-0.2, 0) is 10.0 Å². The van der Waals surface area contributed by atoms with Crippen LogP contribution in [0, 0.1) is 6.92 Å². The number of ether oxygens (including phenoxy) is 3. The molecule has 0 amide bonds. The van der Waals surface area contributed by atoms with Crippen LogP contribution in [-0.4, -0.2) is 52.8 Å². The van der Waals surface area contributed by atoms with Crippen LogP contribution in [0.5, 0.6) is 17.2 Å². The van der Waals surface area contributed by atoms with Crippen LogP contribution in [0.15, 0.2) is 41.3 Å². The lowest BCUT2D eigenvalue weighted by atomic mass is 10.1. The second kappa shape index (κ2) is 6.94. The number of piperazine rings is 1. The van der Waals surface area contributed by atoms with Crippen molar-refractivity contribution >= 4 is 15.7 Å². The van der Waals surface area contributed by atoms with Crippen molar-refractivity contribution in [1.29, 1.82) is 0 Å². The Balaban J connectivity index is 1.51. The maximum absolute atomic E-state index is 13.0. The van der Waals surface area contributed by atoms with Crippen LogP contribution < -0.4 is 19.1 Å². The topological polar surface area (TPSA) is 68.3 Å². The Morgan fingerprint density at radius 1 is 0.963 bits per heavy atom. The molecule has 0 unspecified atom stereocenters. The molecule has 2 aromatic rings. The van der Waals surface area contributed by atoms with E-state index in [1.54, 1.807) is 19.2 Å². The molecule has 144 valence electrons. The van der Waals surface area contributed by atoms with E-state index >= 15 is 0 Å². The molecule has 2 aliphatic rings. The zero-order valence-electron chi connectivity index (χ0n) is 15.3. The maximum Gasteiger partial charge on any atom is 0.243 e. The Bertz CT molecular complexity index is 953. The zero-order valence-corrected chi connectivity index (χ0v) is 16.2. The summed E-state index contributed by atoms with van der Waals surface area (Å²) in [5.74, 6) is 1.84. The summed E-state index contributed by atoms with van der Waals surface area (Å²) in [4.78, 5) is 2.39. The summed E-state index contributed by atoms with van der Waals surface area (Å²) in [7, 11) is -1.93. The molecule has 0 saturated carbocycles. The molecular weight excluding hydrogens is 368 g/mol. The lowest BCUT2D eigenvalue weighted by Gasteiger charge is -2.36. The summed E-state index contributed by atoms with van der Waals surface area (Å²) < 4.78 is 43.5. The fraction of sp³-hybridized carbons (Fsp3) is 0.368. The van der Waals surface area contributed by atoms with Crippen molar-refractivity contribution < 1.29 is 22.6 Å². The van der Waals surface area contributed by atoms with E-state index in [1.165, 1.54) is 10.4 Å². The van der Waals surface area contributed by atoms with Gasteiger partial charge in [0.1, 0.15) is 5.75 Å². The van der Waals surface area contributed by atoms with Crippen LogP contribution >= 0.6 is 0 Å². The van der Waals surface area contributed by atoms with E-state index < -0.39 is 10.0 Å². The van der Waals surface area contributed by atoms with E-state index in [9.17, 15) is 8.42 Å². The lowest BCUT2D eigenvalue weighted by molar-refractivity contribution is 0.174. The summed E-state index contributed by atoms with van der Waals surface area (Å²) in [6, 6.07) is 10.8. The molecule has 0 aromatic heterocycles. The first-order valence-electron chi connectivity index (χ1n) is 8.78. The Hall–Kier alpha value is -2.45. The number of fused-ring (bicyclic) bond motifs is 1. The van der Waals surface area contributed by atoms with Gasteiger partial charge in [0.05, 0.1) is 17.7 Å². The number of nitrogens with zero attached hydrogens (tertiary/aromatic N) is 2. The van der Waals surface area contributed by atoms with Gasteiger partial charge in [-0.2, -0.15) is 4.31 Å². The number of hydrogen-bond acceptors (Lipinski definition) is 6. The van der Waals surface area contributed by atoms with E-state index in [0.29, 0.717) is 37.7 Å². The molecule has 7 nitrogen and oxygen atoms in total. The second-order valence-electron chi connectivity index (χ2n) is 6.58. The van der Waals surface area contributed by atoms with Gasteiger partial charge in [-0.05, 0) is 36.8 Å². The van der Waals surface area contributed by atoms with Gasteiger partial charge >= 0.3 is 0 Å². The average molecular weight is 390 g/mol. The van der Waals surface area contributed by atoms with Crippen molar-refractivity contribution in [3.63, 3.8) is 0 Å². The summed E-state index contributed by atoms with van der Waals surface area (Å²) in [6.07, 6.45) is 0. The third kappa shape index (κ3) is 3.30. The molecule has 0 radical (unpaired) electrons. The van der Waals surface area contributed by atoms with Crippen molar-refractivity contribution in [3.8, 4) is 17.2 Å². The SMILES string of the molecule is COc1ccc(C)cc1N1CCN(S(=O)(=O)c2ccc3c(c2)OCO3)CC1. The molecule has 4 rings (SSSR count). The van der Waals surface area contributed by atoms with Crippen LogP contribution in [0.25, 0.3) is 0 Å². The number of benzene rings is 2. The largest absolute Gasteiger partial charge is 0.495 e. The molecule has 0 spiro atoms. The number of methoxy groups -OCH3 is 1. The number of hydrogen-bond donors (Lipinski definition) is 0. The molecule has 0 N–H and O–H groups in total. The molecule has 2 aromatic carbocycles. The number of anilines is 1. The summed E-state index contributed by atoms with van der Waals surface area (Å²) in [5.41, 5.74) is 2.14. The fourth-order valence-corrected chi connectivity index (χ4v) is 4.84. The normalized spacial score (nSPS) is 17.2. The van der Waals surface area contributed by atoms with Gasteiger partial charge in [0.25, 0.3) is 0 Å². The minimum atomic E-state index is -3.57. The van der Waals surface area contributed by atoms with Gasteiger partial charge in [-0.3, -0.25) is 0 Å². The monoisotopic (exact) mass is 390 g/mol. The van der Waals surface area contributed by atoms with Crippen molar-refractivity contribution in [1.82, 2.24) is 4.31 Å². The first-order chi connectivity index (χ1) is 13.0. The molecule has 1 saturated heterocycles. The molecule has 27 heavy (non-hydrogen) atoms. The van der Waals surface area contributed by atoms with Crippen molar-refractivity contribution in [2.24, 2.45) is 0 Å². The van der Waals surface area contributed by atoms with Crippen molar-refractivity contribution in [2.75, 3.05) is 45.0 Å². The smallest absolute Gasteiger partial charge is 0.243 e. The van der Waals surface area contributed by atoms with E-state index in [4.69, 9.17) is 14.2 Å². The third-order valence-corrected chi connectivity index (χ3v) is 6.79. The highest BCUT2D eigenvalue weighted by Gasteiger charge is 2.30. The Morgan fingerprint density at radius 2 is 1.70 bits per heavy atom. The zero-order chi connectivity index (χ0) is 19.0. The minimum Gasteiger partial charge on any atom is -0.495 e. The van der Waals surface area contributed by atoms with E-state index in [2.05, 4.69) is 11.0 Å². The third-order valence-electron chi connectivity index (χ3n) is 4.90. The first-order valence-corrected chi connectivity index (χ1v) is 10.2. The van der Waals surface area contributed by atoms with Crippen LogP contribution in [0.2, 0.25) is 0 Å². The second-order valence-corrected chi connectivity index (χ2v) is 8.52. The van der Waals surface area contributed by atoms with Gasteiger partial charge in [0.15, 0.2) is 11.5 Å². The van der Waals surface area contributed by atoms with Gasteiger partial charge in [-0.15, -0.1) is 0 Å². The molecule has 0 atom stereocenters. The Morgan fingerprint density at radius 3 is 2.44 bits per heavy atom. The molecule has 8 heteroatoms. The predicted molar refractivity (Wildman–Crippen MR) is 101 cm³/mol. The van der Waals surface area contributed by atoms with Gasteiger partial charge in [-0.1, -0.05) is 6.07 Å². The van der Waals surface area contributed by atoms with Gasteiger partial charge in [-0.25, -0.2) is 8.42 Å². The quantitative estimate of drug-likeness (QED) is 0.798. The predicted octanol–water partition coefficient (Wildman–Crippen LogP) is 2.24. The van der Waals surface area contributed by atoms with Gasteiger partial charge in [0, 0.05) is 32.2 Å². The Kier molecular flexibility index (Phi) is 4.61. The summed E-state index contributed by atoms with van der Waals surface area (Å²) in [6.45, 7) is 4.17. The van der Waals surface area contributed by atoms with Crippen LogP contribution in [0.4, 0.5) is 5.69 Å². The van der Waals surface area contributed by atoms with Crippen molar-refractivity contribution in [3.05, 3.63) is 42.0 Å². The minimum absolute atomic E-state index is 0.121. The summed E-state index contributed by atoms with van der Waals surface area (Å²) in [5, 5.41) is 0. The number of aryl methyl sites for hydroxylation is 1. The summed E-state index contributed by atoms with van der Waals surface area (Å²) >= 11 is 0. The maximum atomic E-state index is 13.0. The number of sulfonamides is 1. The molecule has 2 aliphatic heterocycles. The highest BCUT2D eigenvalue weighted by molar-refractivity contribution is 7.89. The van der Waals surface area contributed by atoms with E-state index in [0.717, 1.165) is 17.0 Å². The first kappa shape index (κ1) is 17.9. The van der Waals surface area contributed by atoms with Crippen molar-refractivity contribution in [2.45, 2.75) is 11.8 Å². The molecular formula is C19H22N2O5S. The molecule has 0 bridgehead atoms. The van der Waals surface area contributed by atoms with Gasteiger partial charge in [0.2, 0.25) is 16.8 Å². The lowest BCUT2D eigenvalue weighted by Crippen LogP contribution is -2.48. The van der Waals surface area contributed by atoms with Crippen LogP contribution in [0.1, 0.15) is 5.56 Å². The molecule has 2 heterocycles. The van der Waals surface area contributed by atoms with Gasteiger partial charge < -0.3 is 19.1 Å². The fourth-order valence-electron chi connectivity index (χ4n) is 3.40. The van der Waals surface area contributed by atoms with E-state index in [1.807, 2.05) is 19.1 Å². The standard InChI is InChI=1S/C19H22N2O5S/c1-14-3-5-17(24-2)16(11-14)20-7-9-21(10-8-20)27(22,23)15-4-6-18-19(12-15)26-13-25-18/h3-6,11-12H,7-10,13H2,1-2H3. The molecule has 1 fully saturated rings. The van der Waals surface area contributed by atoms with E-state index in [-0.39, 0.29) is 11.7 Å². The molecule has 0 aliphatic carbocycles. The van der Waals surface area contributed by atoms with Crippen LogP contribution in [0.3, 0.4) is 0 Å². The average Bonchev–Trinajstić information content (AvgIpc) is 3.16. The Labute approximate surface area is 159 Å².